The Morgan fingerprint density at radius 2 is 2.00 bits per heavy atom. The van der Waals surface area contributed by atoms with Crippen molar-refractivity contribution in [3.63, 3.8) is 0 Å². The minimum Gasteiger partial charge on any atom is -0.478 e. The Bertz CT molecular complexity index is 565. The zero-order valence-electron chi connectivity index (χ0n) is 12.0. The number of benzene rings is 1. The van der Waals surface area contributed by atoms with Crippen LogP contribution < -0.4 is 5.32 Å². The Kier molecular flexibility index (Phi) is 3.92. The molecule has 0 spiro atoms. The van der Waals surface area contributed by atoms with Gasteiger partial charge in [-0.3, -0.25) is 4.79 Å². The second-order valence-electron chi connectivity index (χ2n) is 5.78. The molecule has 2 N–H and O–H groups in total. The van der Waals surface area contributed by atoms with Crippen molar-refractivity contribution < 1.29 is 14.7 Å². The van der Waals surface area contributed by atoms with Crippen molar-refractivity contribution in [2.45, 2.75) is 25.8 Å². The predicted octanol–water partition coefficient (Wildman–Crippen LogP) is 1.27. The van der Waals surface area contributed by atoms with Crippen LogP contribution in [0, 0.1) is 5.92 Å². The van der Waals surface area contributed by atoms with Crippen molar-refractivity contribution in [2.24, 2.45) is 5.92 Å². The van der Waals surface area contributed by atoms with E-state index in [9.17, 15) is 14.7 Å². The average Bonchev–Trinajstić information content (AvgIpc) is 2.53. The van der Waals surface area contributed by atoms with Gasteiger partial charge in [-0.2, -0.15) is 0 Å². The lowest BCUT2D eigenvalue weighted by Crippen LogP contribution is -2.43. The number of fused-ring (bicyclic) bond motifs is 1. The molecular formula is C16H20N2O3. The third-order valence-electron chi connectivity index (χ3n) is 4.50. The number of hydrogen-bond acceptors (Lipinski definition) is 3. The Morgan fingerprint density at radius 1 is 1.24 bits per heavy atom. The fraction of sp³-hybridized carbons (Fsp3) is 0.500. The maximum absolute atomic E-state index is 12.6. The number of nitrogens with zero attached hydrogens (tertiary/aromatic N) is 1. The standard InChI is InChI=1S/C16H20N2O3/c19-15(11-4-7-17-8-5-11)18-9-6-13-12(10-18)2-1-3-14(13)16(20)21/h1-3,11,17H,4-10H2,(H,20,21). The monoisotopic (exact) mass is 288 g/mol. The lowest BCUT2D eigenvalue weighted by molar-refractivity contribution is -0.137. The van der Waals surface area contributed by atoms with Gasteiger partial charge in [0, 0.05) is 19.0 Å². The number of carboxylic acid groups (broad SMARTS) is 1. The van der Waals surface area contributed by atoms with E-state index in [1.807, 2.05) is 11.0 Å². The van der Waals surface area contributed by atoms with E-state index in [0.717, 1.165) is 37.1 Å². The van der Waals surface area contributed by atoms with Crippen LogP contribution in [-0.4, -0.2) is 41.5 Å². The summed E-state index contributed by atoms with van der Waals surface area (Å²) >= 11 is 0. The third-order valence-corrected chi connectivity index (χ3v) is 4.50. The molecule has 1 saturated heterocycles. The molecule has 5 heteroatoms. The number of amides is 1. The summed E-state index contributed by atoms with van der Waals surface area (Å²) in [6.45, 7) is 2.98. The summed E-state index contributed by atoms with van der Waals surface area (Å²) in [6.07, 6.45) is 2.43. The van der Waals surface area contributed by atoms with Crippen LogP contribution >= 0.6 is 0 Å². The summed E-state index contributed by atoms with van der Waals surface area (Å²) in [5, 5.41) is 12.5. The summed E-state index contributed by atoms with van der Waals surface area (Å²) in [7, 11) is 0. The topological polar surface area (TPSA) is 69.6 Å². The van der Waals surface area contributed by atoms with Gasteiger partial charge in [-0.1, -0.05) is 12.1 Å². The van der Waals surface area contributed by atoms with Crippen molar-refractivity contribution in [1.82, 2.24) is 10.2 Å². The fourth-order valence-corrected chi connectivity index (χ4v) is 3.33. The van der Waals surface area contributed by atoms with Crippen molar-refractivity contribution in [2.75, 3.05) is 19.6 Å². The Labute approximate surface area is 123 Å². The fourth-order valence-electron chi connectivity index (χ4n) is 3.33. The molecule has 0 bridgehead atoms. The molecule has 0 atom stereocenters. The number of carbonyl (C=O) groups excluding carboxylic acids is 1. The smallest absolute Gasteiger partial charge is 0.335 e. The highest BCUT2D eigenvalue weighted by Gasteiger charge is 2.29. The maximum atomic E-state index is 12.6. The molecular weight excluding hydrogens is 268 g/mol. The average molecular weight is 288 g/mol. The number of piperidine rings is 1. The summed E-state index contributed by atoms with van der Waals surface area (Å²) in [5.41, 5.74) is 2.24. The van der Waals surface area contributed by atoms with Gasteiger partial charge in [-0.25, -0.2) is 4.79 Å². The van der Waals surface area contributed by atoms with Crippen molar-refractivity contribution in [1.29, 1.82) is 0 Å². The molecule has 2 aliphatic rings. The second kappa shape index (κ2) is 5.85. The Balaban J connectivity index is 1.77. The number of nitrogens with one attached hydrogen (secondary N) is 1. The van der Waals surface area contributed by atoms with E-state index in [4.69, 9.17) is 0 Å². The van der Waals surface area contributed by atoms with Crippen LogP contribution in [0.4, 0.5) is 0 Å². The second-order valence-corrected chi connectivity index (χ2v) is 5.78. The minimum atomic E-state index is -0.884. The van der Waals surface area contributed by atoms with Gasteiger partial charge in [0.2, 0.25) is 5.91 Å². The molecule has 2 heterocycles. The summed E-state index contributed by atoms with van der Waals surface area (Å²) < 4.78 is 0. The molecule has 5 nitrogen and oxygen atoms in total. The molecule has 1 aromatic carbocycles. The number of carbonyl (C=O) groups is 2. The van der Waals surface area contributed by atoms with Crippen LogP contribution in [0.1, 0.15) is 34.3 Å². The maximum Gasteiger partial charge on any atom is 0.335 e. The zero-order chi connectivity index (χ0) is 14.8. The van der Waals surface area contributed by atoms with E-state index in [-0.39, 0.29) is 11.8 Å². The van der Waals surface area contributed by atoms with Gasteiger partial charge in [0.25, 0.3) is 0 Å². The van der Waals surface area contributed by atoms with Gasteiger partial charge < -0.3 is 15.3 Å². The molecule has 0 radical (unpaired) electrons. The number of rotatable bonds is 2. The predicted molar refractivity (Wildman–Crippen MR) is 78.1 cm³/mol. The highest BCUT2D eigenvalue weighted by Crippen LogP contribution is 2.25. The van der Waals surface area contributed by atoms with E-state index in [0.29, 0.717) is 25.1 Å². The molecule has 2 aliphatic heterocycles. The van der Waals surface area contributed by atoms with E-state index >= 15 is 0 Å². The first-order valence-electron chi connectivity index (χ1n) is 7.50. The normalized spacial score (nSPS) is 19.1. The zero-order valence-corrected chi connectivity index (χ0v) is 12.0. The van der Waals surface area contributed by atoms with Gasteiger partial charge in [0.1, 0.15) is 0 Å². The van der Waals surface area contributed by atoms with Gasteiger partial charge in [0.15, 0.2) is 0 Å². The van der Waals surface area contributed by atoms with E-state index in [1.165, 1.54) is 0 Å². The van der Waals surface area contributed by atoms with E-state index in [1.54, 1.807) is 12.1 Å². The van der Waals surface area contributed by atoms with E-state index < -0.39 is 5.97 Å². The number of aromatic carboxylic acids is 1. The first-order chi connectivity index (χ1) is 10.2. The van der Waals surface area contributed by atoms with Gasteiger partial charge >= 0.3 is 5.97 Å². The first-order valence-corrected chi connectivity index (χ1v) is 7.50. The Morgan fingerprint density at radius 3 is 2.71 bits per heavy atom. The summed E-state index contributed by atoms with van der Waals surface area (Å²) in [4.78, 5) is 25.7. The highest BCUT2D eigenvalue weighted by atomic mass is 16.4. The molecule has 3 rings (SSSR count). The SMILES string of the molecule is O=C(O)c1cccc2c1CCN(C(=O)C1CCNCC1)C2. The van der Waals surface area contributed by atoms with Gasteiger partial charge in [-0.05, 0) is 49.5 Å². The van der Waals surface area contributed by atoms with Gasteiger partial charge in [-0.15, -0.1) is 0 Å². The van der Waals surface area contributed by atoms with Gasteiger partial charge in [0.05, 0.1) is 5.56 Å². The molecule has 0 aromatic heterocycles. The van der Waals surface area contributed by atoms with E-state index in [2.05, 4.69) is 5.32 Å². The molecule has 1 amide bonds. The lowest BCUT2D eigenvalue weighted by atomic mass is 9.92. The van der Waals surface area contributed by atoms with Crippen LogP contribution in [0.15, 0.2) is 18.2 Å². The van der Waals surface area contributed by atoms with Crippen LogP contribution in [-0.2, 0) is 17.8 Å². The molecule has 0 saturated carbocycles. The molecule has 112 valence electrons. The first kappa shape index (κ1) is 14.1. The number of carboxylic acids is 1. The van der Waals surface area contributed by atoms with Crippen LogP contribution in [0.2, 0.25) is 0 Å². The van der Waals surface area contributed by atoms with Crippen molar-refractivity contribution in [3.8, 4) is 0 Å². The van der Waals surface area contributed by atoms with Crippen LogP contribution in [0.5, 0.6) is 0 Å². The minimum absolute atomic E-state index is 0.121. The molecule has 0 unspecified atom stereocenters. The molecule has 0 aliphatic carbocycles. The number of hydrogen-bond donors (Lipinski definition) is 2. The lowest BCUT2D eigenvalue weighted by Gasteiger charge is -2.33. The molecule has 1 aromatic rings. The van der Waals surface area contributed by atoms with Crippen LogP contribution in [0.3, 0.4) is 0 Å². The third kappa shape index (κ3) is 2.78. The largest absolute Gasteiger partial charge is 0.478 e. The highest BCUT2D eigenvalue weighted by molar-refractivity contribution is 5.90. The summed E-state index contributed by atoms with van der Waals surface area (Å²) in [6, 6.07) is 5.34. The molecule has 21 heavy (non-hydrogen) atoms. The quantitative estimate of drug-likeness (QED) is 0.860. The Hall–Kier alpha value is -1.88. The molecule has 1 fully saturated rings. The van der Waals surface area contributed by atoms with Crippen molar-refractivity contribution in [3.05, 3.63) is 34.9 Å². The van der Waals surface area contributed by atoms with Crippen LogP contribution in [0.25, 0.3) is 0 Å². The van der Waals surface area contributed by atoms with Crippen molar-refractivity contribution >= 4 is 11.9 Å². The summed E-state index contributed by atoms with van der Waals surface area (Å²) in [5.74, 6) is -0.539.